The molecule has 0 aromatic carbocycles. The summed E-state index contributed by atoms with van der Waals surface area (Å²) in [6, 6.07) is 0. The van der Waals surface area contributed by atoms with Gasteiger partial charge in [0.05, 0.1) is 31.3 Å². The van der Waals surface area contributed by atoms with Crippen LogP contribution in [0, 0.1) is 5.92 Å². The highest BCUT2D eigenvalue weighted by Crippen LogP contribution is 2.16. The zero-order valence-corrected chi connectivity index (χ0v) is 11.7. The van der Waals surface area contributed by atoms with Gasteiger partial charge in [0.25, 0.3) is 0 Å². The Labute approximate surface area is 114 Å². The van der Waals surface area contributed by atoms with E-state index in [0.29, 0.717) is 19.7 Å². The molecule has 1 rings (SSSR count). The van der Waals surface area contributed by atoms with Crippen LogP contribution in [-0.2, 0) is 14.3 Å². The van der Waals surface area contributed by atoms with Crippen molar-refractivity contribution in [3.8, 4) is 0 Å². The molecule has 3 unspecified atom stereocenters. The van der Waals surface area contributed by atoms with Crippen LogP contribution in [0.5, 0.6) is 0 Å². The lowest BCUT2D eigenvalue weighted by Gasteiger charge is -2.32. The van der Waals surface area contributed by atoms with Crippen molar-refractivity contribution < 1.29 is 24.5 Å². The number of β-amino-alcohol motifs (C(OH)–C–C–N with tert-alkyl or cyclic N) is 1. The van der Waals surface area contributed by atoms with Crippen molar-refractivity contribution in [1.29, 1.82) is 0 Å². The quantitative estimate of drug-likeness (QED) is 0.658. The van der Waals surface area contributed by atoms with Crippen molar-refractivity contribution >= 4 is 5.97 Å². The number of aliphatic hydroxyl groups excluding tert-OH is 1. The van der Waals surface area contributed by atoms with Gasteiger partial charge in [-0.05, 0) is 26.3 Å². The Bertz CT molecular complexity index is 274. The number of carbonyl (C=O) groups is 1. The van der Waals surface area contributed by atoms with E-state index in [1.165, 1.54) is 0 Å². The summed E-state index contributed by atoms with van der Waals surface area (Å²) in [5.41, 5.74) is 0. The number of methoxy groups -OCH3 is 1. The number of aliphatic hydroxyl groups is 1. The standard InChI is InChI=1S/C13H25NO5/c1-10(8-18-2)19-9-12(15)7-14-5-3-4-11(6-14)13(16)17/h10-12,15H,3-9H2,1-2H3,(H,16,17). The number of piperidine rings is 1. The van der Waals surface area contributed by atoms with Gasteiger partial charge >= 0.3 is 5.97 Å². The second-order valence-corrected chi connectivity index (χ2v) is 5.19. The Morgan fingerprint density at radius 2 is 2.21 bits per heavy atom. The van der Waals surface area contributed by atoms with Gasteiger partial charge in [-0.3, -0.25) is 9.69 Å². The number of rotatable bonds is 8. The van der Waals surface area contributed by atoms with Crippen molar-refractivity contribution in [2.75, 3.05) is 40.0 Å². The van der Waals surface area contributed by atoms with Gasteiger partial charge in [0.15, 0.2) is 0 Å². The van der Waals surface area contributed by atoms with Gasteiger partial charge < -0.3 is 19.7 Å². The summed E-state index contributed by atoms with van der Waals surface area (Å²) in [6.07, 6.45) is 0.952. The van der Waals surface area contributed by atoms with E-state index >= 15 is 0 Å². The lowest BCUT2D eigenvalue weighted by atomic mass is 9.98. The third-order valence-corrected chi connectivity index (χ3v) is 3.30. The van der Waals surface area contributed by atoms with Gasteiger partial charge in [-0.2, -0.15) is 0 Å². The first-order valence-electron chi connectivity index (χ1n) is 6.76. The van der Waals surface area contributed by atoms with Crippen molar-refractivity contribution in [3.05, 3.63) is 0 Å². The van der Waals surface area contributed by atoms with E-state index in [4.69, 9.17) is 14.6 Å². The monoisotopic (exact) mass is 275 g/mol. The van der Waals surface area contributed by atoms with E-state index in [1.807, 2.05) is 11.8 Å². The fourth-order valence-corrected chi connectivity index (χ4v) is 2.33. The lowest BCUT2D eigenvalue weighted by Crippen LogP contribution is -2.43. The number of carboxylic acid groups (broad SMARTS) is 1. The molecule has 0 aromatic heterocycles. The fourth-order valence-electron chi connectivity index (χ4n) is 2.33. The van der Waals surface area contributed by atoms with E-state index in [9.17, 15) is 9.90 Å². The molecule has 0 bridgehead atoms. The van der Waals surface area contributed by atoms with Gasteiger partial charge in [0.1, 0.15) is 0 Å². The van der Waals surface area contributed by atoms with Crippen molar-refractivity contribution in [2.45, 2.75) is 32.0 Å². The van der Waals surface area contributed by atoms with E-state index in [2.05, 4.69) is 0 Å². The minimum atomic E-state index is -0.746. The second-order valence-electron chi connectivity index (χ2n) is 5.19. The van der Waals surface area contributed by atoms with Crippen LogP contribution in [0.25, 0.3) is 0 Å². The zero-order valence-electron chi connectivity index (χ0n) is 11.7. The molecule has 1 aliphatic heterocycles. The van der Waals surface area contributed by atoms with E-state index in [1.54, 1.807) is 7.11 Å². The smallest absolute Gasteiger partial charge is 0.307 e. The first-order valence-corrected chi connectivity index (χ1v) is 6.76. The second kappa shape index (κ2) is 8.47. The molecule has 0 amide bonds. The first kappa shape index (κ1) is 16.4. The molecule has 19 heavy (non-hydrogen) atoms. The van der Waals surface area contributed by atoms with E-state index in [-0.39, 0.29) is 18.6 Å². The van der Waals surface area contributed by atoms with Gasteiger partial charge in [0.2, 0.25) is 0 Å². The molecule has 6 nitrogen and oxygen atoms in total. The molecular weight excluding hydrogens is 250 g/mol. The summed E-state index contributed by atoms with van der Waals surface area (Å²) in [5.74, 6) is -1.06. The van der Waals surface area contributed by atoms with Crippen LogP contribution in [-0.4, -0.2) is 73.2 Å². The minimum Gasteiger partial charge on any atom is -0.481 e. The van der Waals surface area contributed by atoms with Crippen LogP contribution in [0.1, 0.15) is 19.8 Å². The molecule has 1 aliphatic rings. The molecule has 0 spiro atoms. The fraction of sp³-hybridized carbons (Fsp3) is 0.923. The van der Waals surface area contributed by atoms with Crippen LogP contribution >= 0.6 is 0 Å². The average Bonchev–Trinajstić information content (AvgIpc) is 2.37. The summed E-state index contributed by atoms with van der Waals surface area (Å²) in [6.45, 7) is 4.45. The molecule has 2 N–H and O–H groups in total. The van der Waals surface area contributed by atoms with Crippen LogP contribution in [0.3, 0.4) is 0 Å². The molecule has 1 saturated heterocycles. The van der Waals surface area contributed by atoms with Crippen LogP contribution < -0.4 is 0 Å². The molecule has 1 heterocycles. The highest BCUT2D eigenvalue weighted by atomic mass is 16.5. The third kappa shape index (κ3) is 6.33. The Balaban J connectivity index is 2.24. The number of aliphatic carboxylic acids is 1. The Kier molecular flexibility index (Phi) is 7.30. The number of likely N-dealkylation sites (tertiary alicyclic amines) is 1. The normalized spacial score (nSPS) is 24.1. The number of nitrogens with zero attached hydrogens (tertiary/aromatic N) is 1. The zero-order chi connectivity index (χ0) is 14.3. The van der Waals surface area contributed by atoms with Crippen LogP contribution in [0.15, 0.2) is 0 Å². The largest absolute Gasteiger partial charge is 0.481 e. The first-order chi connectivity index (χ1) is 9.02. The van der Waals surface area contributed by atoms with Crippen molar-refractivity contribution in [3.63, 3.8) is 0 Å². The molecule has 6 heteroatoms. The van der Waals surface area contributed by atoms with E-state index in [0.717, 1.165) is 19.4 Å². The maximum Gasteiger partial charge on any atom is 0.307 e. The minimum absolute atomic E-state index is 0.0484. The predicted octanol–water partition coefficient (Wildman–Crippen LogP) is 0.195. The number of ether oxygens (including phenoxy) is 2. The maximum atomic E-state index is 10.9. The van der Waals surface area contributed by atoms with Gasteiger partial charge in [-0.25, -0.2) is 0 Å². The van der Waals surface area contributed by atoms with Crippen molar-refractivity contribution in [2.24, 2.45) is 5.92 Å². The molecular formula is C13H25NO5. The van der Waals surface area contributed by atoms with Gasteiger partial charge in [0, 0.05) is 20.2 Å². The third-order valence-electron chi connectivity index (χ3n) is 3.30. The topological polar surface area (TPSA) is 79.2 Å². The van der Waals surface area contributed by atoms with Gasteiger partial charge in [-0.15, -0.1) is 0 Å². The highest BCUT2D eigenvalue weighted by molar-refractivity contribution is 5.70. The molecule has 3 atom stereocenters. The predicted molar refractivity (Wildman–Crippen MR) is 70.1 cm³/mol. The summed E-state index contributed by atoms with van der Waals surface area (Å²) in [4.78, 5) is 12.9. The molecule has 0 aliphatic carbocycles. The highest BCUT2D eigenvalue weighted by Gasteiger charge is 2.26. The summed E-state index contributed by atoms with van der Waals surface area (Å²) >= 11 is 0. The SMILES string of the molecule is COCC(C)OCC(O)CN1CCCC(C(=O)O)C1. The maximum absolute atomic E-state index is 10.9. The van der Waals surface area contributed by atoms with Crippen LogP contribution in [0.4, 0.5) is 0 Å². The lowest BCUT2D eigenvalue weighted by molar-refractivity contribution is -0.143. The van der Waals surface area contributed by atoms with Crippen LogP contribution in [0.2, 0.25) is 0 Å². The number of hydrogen-bond donors (Lipinski definition) is 2. The number of hydrogen-bond acceptors (Lipinski definition) is 5. The van der Waals surface area contributed by atoms with Crippen molar-refractivity contribution in [1.82, 2.24) is 4.90 Å². The molecule has 1 fully saturated rings. The summed E-state index contributed by atoms with van der Waals surface area (Å²) < 4.78 is 10.4. The Morgan fingerprint density at radius 3 is 2.84 bits per heavy atom. The summed E-state index contributed by atoms with van der Waals surface area (Å²) in [7, 11) is 1.61. The molecule has 0 aromatic rings. The number of carboxylic acids is 1. The molecule has 0 radical (unpaired) electrons. The Morgan fingerprint density at radius 1 is 1.47 bits per heavy atom. The Hall–Kier alpha value is -0.690. The van der Waals surface area contributed by atoms with Gasteiger partial charge in [-0.1, -0.05) is 0 Å². The van der Waals surface area contributed by atoms with E-state index < -0.39 is 12.1 Å². The molecule has 112 valence electrons. The molecule has 0 saturated carbocycles. The summed E-state index contributed by atoms with van der Waals surface area (Å²) in [5, 5.41) is 18.9. The average molecular weight is 275 g/mol.